The highest BCUT2D eigenvalue weighted by Gasteiger charge is 2.18. The van der Waals surface area contributed by atoms with Crippen LogP contribution in [0.2, 0.25) is 0 Å². The molecule has 0 saturated heterocycles. The topological polar surface area (TPSA) is 99.2 Å². The number of carbonyl (C=O) groups is 2. The van der Waals surface area contributed by atoms with Crippen LogP contribution in [0.1, 0.15) is 16.1 Å². The van der Waals surface area contributed by atoms with E-state index in [4.69, 9.17) is 9.15 Å². The van der Waals surface area contributed by atoms with E-state index in [1.807, 2.05) is 49.4 Å². The molecule has 5 aromatic rings. The second kappa shape index (κ2) is 9.03. The summed E-state index contributed by atoms with van der Waals surface area (Å²) in [6, 6.07) is 23.5. The van der Waals surface area contributed by atoms with Gasteiger partial charge in [0.1, 0.15) is 11.5 Å². The van der Waals surface area contributed by atoms with Crippen molar-refractivity contribution in [2.24, 2.45) is 0 Å². The van der Waals surface area contributed by atoms with Gasteiger partial charge in [0.2, 0.25) is 0 Å². The summed E-state index contributed by atoms with van der Waals surface area (Å²) in [5, 5.41) is 7.81. The van der Waals surface area contributed by atoms with Crippen LogP contribution in [-0.2, 0) is 9.53 Å². The molecule has 0 aliphatic carbocycles. The molecular formula is C26H20N4O4. The van der Waals surface area contributed by atoms with Crippen molar-refractivity contribution in [1.29, 1.82) is 0 Å². The lowest BCUT2D eigenvalue weighted by Gasteiger charge is -2.11. The molecule has 34 heavy (non-hydrogen) atoms. The zero-order valence-electron chi connectivity index (χ0n) is 18.3. The normalized spacial score (nSPS) is 10.9. The first-order valence-corrected chi connectivity index (χ1v) is 10.6. The van der Waals surface area contributed by atoms with Gasteiger partial charge in [0, 0.05) is 11.5 Å². The van der Waals surface area contributed by atoms with E-state index in [0.29, 0.717) is 33.7 Å². The molecule has 2 aromatic carbocycles. The van der Waals surface area contributed by atoms with Gasteiger partial charge in [0.25, 0.3) is 5.91 Å². The molecule has 0 saturated carbocycles. The highest BCUT2D eigenvalue weighted by molar-refractivity contribution is 6.05. The standard InChI is InChI=1S/C26H20N4O4/c1-17-14-24(30(29-17)18-8-3-2-4-9-18)28-25(31)16-34-26(32)20-15-22(23-12-7-13-33-23)27-21-11-6-5-10-19(20)21/h2-15H,16H2,1H3,(H,28,31). The Labute approximate surface area is 194 Å². The highest BCUT2D eigenvalue weighted by Crippen LogP contribution is 2.26. The van der Waals surface area contributed by atoms with E-state index in [1.165, 1.54) is 6.26 Å². The Balaban J connectivity index is 1.34. The Bertz CT molecular complexity index is 1470. The number of hydrogen-bond acceptors (Lipinski definition) is 6. The highest BCUT2D eigenvalue weighted by atomic mass is 16.5. The summed E-state index contributed by atoms with van der Waals surface area (Å²) in [7, 11) is 0. The molecule has 3 heterocycles. The Morgan fingerprint density at radius 2 is 1.79 bits per heavy atom. The fraction of sp³-hybridized carbons (Fsp3) is 0.0769. The number of fused-ring (bicyclic) bond motifs is 1. The van der Waals surface area contributed by atoms with Gasteiger partial charge in [0.15, 0.2) is 12.4 Å². The Hall–Kier alpha value is -4.72. The van der Waals surface area contributed by atoms with Crippen molar-refractivity contribution in [3.8, 4) is 17.1 Å². The van der Waals surface area contributed by atoms with Gasteiger partial charge in [-0.15, -0.1) is 0 Å². The average Bonchev–Trinajstić information content (AvgIpc) is 3.52. The zero-order valence-corrected chi connectivity index (χ0v) is 18.3. The van der Waals surface area contributed by atoms with Gasteiger partial charge >= 0.3 is 5.97 Å². The number of amides is 1. The lowest BCUT2D eigenvalue weighted by atomic mass is 10.1. The second-order valence-electron chi connectivity index (χ2n) is 7.59. The first kappa shape index (κ1) is 21.1. The number of aryl methyl sites for hydroxylation is 1. The number of rotatable bonds is 6. The largest absolute Gasteiger partial charge is 0.463 e. The number of hydrogen-bond donors (Lipinski definition) is 1. The number of nitrogens with zero attached hydrogens (tertiary/aromatic N) is 3. The summed E-state index contributed by atoms with van der Waals surface area (Å²) in [6.45, 7) is 1.38. The minimum absolute atomic E-state index is 0.301. The van der Waals surface area contributed by atoms with E-state index in [2.05, 4.69) is 15.4 Å². The SMILES string of the molecule is Cc1cc(NC(=O)COC(=O)c2cc(-c3ccco3)nc3ccccc23)n(-c2ccccc2)n1. The third-order valence-corrected chi connectivity index (χ3v) is 5.14. The maximum Gasteiger partial charge on any atom is 0.339 e. The minimum Gasteiger partial charge on any atom is -0.463 e. The van der Waals surface area contributed by atoms with Crippen LogP contribution >= 0.6 is 0 Å². The van der Waals surface area contributed by atoms with Crippen molar-refractivity contribution < 1.29 is 18.7 Å². The summed E-state index contributed by atoms with van der Waals surface area (Å²) in [5.74, 6) is -0.0920. The van der Waals surface area contributed by atoms with E-state index >= 15 is 0 Å². The molecule has 3 aromatic heterocycles. The number of pyridine rings is 1. The minimum atomic E-state index is -0.630. The van der Waals surface area contributed by atoms with Crippen LogP contribution in [0.15, 0.2) is 89.5 Å². The summed E-state index contributed by atoms with van der Waals surface area (Å²) in [4.78, 5) is 30.1. The van der Waals surface area contributed by atoms with Gasteiger partial charge in [-0.05, 0) is 43.3 Å². The predicted molar refractivity (Wildman–Crippen MR) is 127 cm³/mol. The molecule has 0 radical (unpaired) electrons. The van der Waals surface area contributed by atoms with Gasteiger partial charge in [-0.3, -0.25) is 4.79 Å². The summed E-state index contributed by atoms with van der Waals surface area (Å²) < 4.78 is 12.4. The number of carbonyl (C=O) groups excluding carboxylic acids is 2. The molecule has 5 rings (SSSR count). The average molecular weight is 452 g/mol. The van der Waals surface area contributed by atoms with Crippen LogP contribution in [0.4, 0.5) is 5.82 Å². The molecule has 1 amide bonds. The number of benzene rings is 2. The smallest absolute Gasteiger partial charge is 0.339 e. The van der Waals surface area contributed by atoms with E-state index < -0.39 is 18.5 Å². The number of esters is 1. The van der Waals surface area contributed by atoms with Crippen molar-refractivity contribution in [2.45, 2.75) is 6.92 Å². The van der Waals surface area contributed by atoms with Gasteiger partial charge in [-0.2, -0.15) is 5.10 Å². The van der Waals surface area contributed by atoms with Crippen molar-refractivity contribution in [1.82, 2.24) is 14.8 Å². The molecule has 8 heteroatoms. The van der Waals surface area contributed by atoms with E-state index in [0.717, 1.165) is 11.4 Å². The van der Waals surface area contributed by atoms with E-state index in [1.54, 1.807) is 41.1 Å². The number of anilines is 1. The van der Waals surface area contributed by atoms with E-state index in [-0.39, 0.29) is 0 Å². The van der Waals surface area contributed by atoms with Crippen LogP contribution in [0.25, 0.3) is 28.0 Å². The fourth-order valence-electron chi connectivity index (χ4n) is 3.64. The van der Waals surface area contributed by atoms with Crippen LogP contribution in [0.3, 0.4) is 0 Å². The van der Waals surface area contributed by atoms with Gasteiger partial charge in [-0.25, -0.2) is 14.5 Å². The first-order chi connectivity index (χ1) is 16.6. The van der Waals surface area contributed by atoms with Gasteiger partial charge in [-0.1, -0.05) is 36.4 Å². The number of furan rings is 1. The monoisotopic (exact) mass is 452 g/mol. The Morgan fingerprint density at radius 1 is 1.00 bits per heavy atom. The van der Waals surface area contributed by atoms with E-state index in [9.17, 15) is 9.59 Å². The number of ether oxygens (including phenoxy) is 1. The molecule has 0 bridgehead atoms. The molecule has 0 spiro atoms. The van der Waals surface area contributed by atoms with Crippen LogP contribution in [0.5, 0.6) is 0 Å². The quantitative estimate of drug-likeness (QED) is 0.372. The van der Waals surface area contributed by atoms with Gasteiger partial charge < -0.3 is 14.5 Å². The number of aromatic nitrogens is 3. The summed E-state index contributed by atoms with van der Waals surface area (Å²) in [6.07, 6.45) is 1.54. The third-order valence-electron chi connectivity index (χ3n) is 5.14. The summed E-state index contributed by atoms with van der Waals surface area (Å²) in [5.41, 5.74) is 2.97. The van der Waals surface area contributed by atoms with Crippen LogP contribution < -0.4 is 5.32 Å². The lowest BCUT2D eigenvalue weighted by Crippen LogP contribution is -2.22. The Kier molecular flexibility index (Phi) is 5.61. The molecule has 0 atom stereocenters. The van der Waals surface area contributed by atoms with Crippen molar-refractivity contribution in [3.05, 3.63) is 96.4 Å². The predicted octanol–water partition coefficient (Wildman–Crippen LogP) is 4.78. The molecular weight excluding hydrogens is 432 g/mol. The molecule has 168 valence electrons. The zero-order chi connectivity index (χ0) is 23.5. The maximum atomic E-state index is 13.0. The van der Waals surface area contributed by atoms with Gasteiger partial charge in [0.05, 0.1) is 28.7 Å². The molecule has 0 aliphatic rings. The van der Waals surface area contributed by atoms with Crippen LogP contribution in [-0.4, -0.2) is 33.2 Å². The molecule has 0 unspecified atom stereocenters. The fourth-order valence-corrected chi connectivity index (χ4v) is 3.64. The molecule has 1 N–H and O–H groups in total. The lowest BCUT2D eigenvalue weighted by molar-refractivity contribution is -0.119. The van der Waals surface area contributed by atoms with Crippen molar-refractivity contribution in [2.75, 3.05) is 11.9 Å². The molecule has 0 fully saturated rings. The van der Waals surface area contributed by atoms with Crippen LogP contribution in [0, 0.1) is 6.92 Å². The molecule has 8 nitrogen and oxygen atoms in total. The molecule has 0 aliphatic heterocycles. The second-order valence-corrected chi connectivity index (χ2v) is 7.59. The first-order valence-electron chi connectivity index (χ1n) is 10.6. The number of para-hydroxylation sites is 2. The number of nitrogens with one attached hydrogen (secondary N) is 1. The summed E-state index contributed by atoms with van der Waals surface area (Å²) >= 11 is 0. The maximum absolute atomic E-state index is 13.0. The third kappa shape index (κ3) is 4.29. The van der Waals surface area contributed by atoms with Crippen molar-refractivity contribution >= 4 is 28.6 Å². The van der Waals surface area contributed by atoms with Crippen molar-refractivity contribution in [3.63, 3.8) is 0 Å². The Morgan fingerprint density at radius 3 is 2.59 bits per heavy atom.